The molecule has 2 N–H and O–H groups in total. The molecule has 1 fully saturated rings. The molecule has 29 heavy (non-hydrogen) atoms. The van der Waals surface area contributed by atoms with E-state index in [0.29, 0.717) is 18.0 Å². The number of aromatic nitrogens is 3. The van der Waals surface area contributed by atoms with Crippen molar-refractivity contribution in [3.63, 3.8) is 0 Å². The average molecular weight is 413 g/mol. The first kappa shape index (κ1) is 19.3. The van der Waals surface area contributed by atoms with E-state index in [9.17, 15) is 14.0 Å². The summed E-state index contributed by atoms with van der Waals surface area (Å²) < 4.78 is 13.7. The minimum Gasteiger partial charge on any atom is -0.338 e. The second-order valence-electron chi connectivity index (χ2n) is 6.98. The Balaban J connectivity index is 1.37. The average Bonchev–Trinajstić information content (AvgIpc) is 3.39. The number of nitrogens with zero attached hydrogens (tertiary/aromatic N) is 3. The Hall–Kier alpha value is -3.07. The van der Waals surface area contributed by atoms with Crippen LogP contribution in [0.5, 0.6) is 0 Å². The normalized spacial score (nSPS) is 14.8. The molecule has 1 saturated heterocycles. The third kappa shape index (κ3) is 4.04. The fraction of sp³-hybridized carbons (Fsp3) is 0.300. The maximum atomic E-state index is 13.7. The van der Waals surface area contributed by atoms with Gasteiger partial charge in [0.2, 0.25) is 0 Å². The SMILES string of the molecule is Cc1ncsc1C(=O)N1CCC(c2cc(C(=O)Nc3ccccc3F)n[nH]2)CC1. The van der Waals surface area contributed by atoms with Crippen LogP contribution in [0.2, 0.25) is 0 Å². The number of para-hydroxylation sites is 1. The van der Waals surface area contributed by atoms with Crippen molar-refractivity contribution in [2.24, 2.45) is 0 Å². The van der Waals surface area contributed by atoms with E-state index in [0.717, 1.165) is 24.2 Å². The van der Waals surface area contributed by atoms with Crippen LogP contribution < -0.4 is 5.32 Å². The van der Waals surface area contributed by atoms with Gasteiger partial charge in [-0.2, -0.15) is 5.10 Å². The number of benzene rings is 1. The second kappa shape index (κ2) is 8.12. The Kier molecular flexibility index (Phi) is 5.39. The molecule has 4 rings (SSSR count). The van der Waals surface area contributed by atoms with E-state index in [-0.39, 0.29) is 23.2 Å². The van der Waals surface area contributed by atoms with Crippen molar-refractivity contribution in [3.8, 4) is 0 Å². The van der Waals surface area contributed by atoms with Crippen molar-refractivity contribution in [2.75, 3.05) is 18.4 Å². The van der Waals surface area contributed by atoms with Crippen LogP contribution >= 0.6 is 11.3 Å². The lowest BCUT2D eigenvalue weighted by atomic mass is 9.93. The third-order valence-electron chi connectivity index (χ3n) is 5.11. The van der Waals surface area contributed by atoms with Gasteiger partial charge in [-0.25, -0.2) is 9.37 Å². The summed E-state index contributed by atoms with van der Waals surface area (Å²) >= 11 is 1.37. The molecule has 3 heterocycles. The van der Waals surface area contributed by atoms with Gasteiger partial charge in [-0.05, 0) is 38.0 Å². The fourth-order valence-corrected chi connectivity index (χ4v) is 4.22. The van der Waals surface area contributed by atoms with Crippen LogP contribution in [0.25, 0.3) is 0 Å². The highest BCUT2D eigenvalue weighted by molar-refractivity contribution is 7.11. The Bertz CT molecular complexity index is 1040. The summed E-state index contributed by atoms with van der Waals surface area (Å²) in [7, 11) is 0. The van der Waals surface area contributed by atoms with E-state index in [2.05, 4.69) is 20.5 Å². The topological polar surface area (TPSA) is 91.0 Å². The zero-order valence-electron chi connectivity index (χ0n) is 15.8. The van der Waals surface area contributed by atoms with Crippen molar-refractivity contribution in [1.29, 1.82) is 0 Å². The molecular weight excluding hydrogens is 393 g/mol. The molecule has 2 amide bonds. The van der Waals surface area contributed by atoms with Gasteiger partial charge < -0.3 is 10.2 Å². The second-order valence-corrected chi connectivity index (χ2v) is 7.83. The third-order valence-corrected chi connectivity index (χ3v) is 6.03. The lowest BCUT2D eigenvalue weighted by Gasteiger charge is -2.31. The number of carbonyl (C=O) groups is 2. The maximum Gasteiger partial charge on any atom is 0.276 e. The summed E-state index contributed by atoms with van der Waals surface area (Å²) in [4.78, 5) is 31.6. The predicted octanol–water partition coefficient (Wildman–Crippen LogP) is 3.59. The van der Waals surface area contributed by atoms with Crippen LogP contribution in [-0.2, 0) is 0 Å². The first-order valence-corrected chi connectivity index (χ1v) is 10.2. The first-order valence-electron chi connectivity index (χ1n) is 9.33. The van der Waals surface area contributed by atoms with Crippen molar-refractivity contribution in [1.82, 2.24) is 20.1 Å². The van der Waals surface area contributed by atoms with E-state index in [1.807, 2.05) is 11.8 Å². The minimum absolute atomic E-state index is 0.0259. The molecule has 0 spiro atoms. The highest BCUT2D eigenvalue weighted by Gasteiger charge is 2.27. The van der Waals surface area contributed by atoms with Crippen molar-refractivity contribution < 1.29 is 14.0 Å². The predicted molar refractivity (Wildman–Crippen MR) is 108 cm³/mol. The monoisotopic (exact) mass is 413 g/mol. The minimum atomic E-state index is -0.496. The molecule has 3 aromatic rings. The smallest absolute Gasteiger partial charge is 0.276 e. The number of likely N-dealkylation sites (tertiary alicyclic amines) is 1. The number of H-pyrrole nitrogens is 1. The zero-order valence-corrected chi connectivity index (χ0v) is 16.6. The van der Waals surface area contributed by atoms with Gasteiger partial charge >= 0.3 is 0 Å². The maximum absolute atomic E-state index is 13.7. The van der Waals surface area contributed by atoms with Gasteiger partial charge in [0, 0.05) is 24.7 Å². The summed E-state index contributed by atoms with van der Waals surface area (Å²) in [6.45, 7) is 3.11. The number of piperidine rings is 1. The summed E-state index contributed by atoms with van der Waals surface area (Å²) in [5.74, 6) is -0.752. The number of aryl methyl sites for hydroxylation is 1. The molecule has 0 unspecified atom stereocenters. The molecule has 0 radical (unpaired) electrons. The highest BCUT2D eigenvalue weighted by Crippen LogP contribution is 2.29. The summed E-state index contributed by atoms with van der Waals surface area (Å²) in [6, 6.07) is 7.70. The molecular formula is C20H20FN5O2S. The number of amides is 2. The first-order chi connectivity index (χ1) is 14.0. The molecule has 0 bridgehead atoms. The quantitative estimate of drug-likeness (QED) is 0.684. The molecule has 7 nitrogen and oxygen atoms in total. The van der Waals surface area contributed by atoms with Gasteiger partial charge in [0.25, 0.3) is 11.8 Å². The number of hydrogen-bond acceptors (Lipinski definition) is 5. The number of anilines is 1. The molecule has 150 valence electrons. The molecule has 0 atom stereocenters. The van der Waals surface area contributed by atoms with Gasteiger partial charge in [-0.1, -0.05) is 12.1 Å². The van der Waals surface area contributed by atoms with E-state index in [1.165, 1.54) is 23.5 Å². The summed E-state index contributed by atoms with van der Waals surface area (Å²) in [5.41, 5.74) is 3.63. The van der Waals surface area contributed by atoms with Gasteiger partial charge in [-0.15, -0.1) is 11.3 Å². The van der Waals surface area contributed by atoms with Crippen LogP contribution in [0.1, 0.15) is 50.3 Å². The zero-order chi connectivity index (χ0) is 20.4. The molecule has 1 aliphatic heterocycles. The largest absolute Gasteiger partial charge is 0.338 e. The number of rotatable bonds is 4. The Morgan fingerprint density at radius 1 is 1.28 bits per heavy atom. The number of thiazole rings is 1. The van der Waals surface area contributed by atoms with E-state index in [4.69, 9.17) is 0 Å². The van der Waals surface area contributed by atoms with Gasteiger partial charge in [0.1, 0.15) is 10.7 Å². The van der Waals surface area contributed by atoms with Gasteiger partial charge in [0.15, 0.2) is 5.69 Å². The molecule has 0 saturated carbocycles. The van der Waals surface area contributed by atoms with Crippen LogP contribution in [0.15, 0.2) is 35.8 Å². The van der Waals surface area contributed by atoms with E-state index < -0.39 is 11.7 Å². The van der Waals surface area contributed by atoms with E-state index in [1.54, 1.807) is 23.7 Å². The van der Waals surface area contributed by atoms with Crippen molar-refractivity contribution in [3.05, 3.63) is 63.6 Å². The summed E-state index contributed by atoms with van der Waals surface area (Å²) in [6.07, 6.45) is 1.56. The Labute approximate surface area is 171 Å². The molecule has 2 aromatic heterocycles. The number of hydrogen-bond donors (Lipinski definition) is 2. The van der Waals surface area contributed by atoms with Crippen LogP contribution in [-0.4, -0.2) is 45.0 Å². The number of halogens is 1. The standard InChI is InChI=1S/C20H20FN5O2S/c1-12-18(29-11-22-12)20(28)26-8-6-13(7-9-26)16-10-17(25-24-16)19(27)23-15-5-3-2-4-14(15)21/h2-5,10-11,13H,6-9H2,1H3,(H,23,27)(H,24,25). The number of carbonyl (C=O) groups excluding carboxylic acids is 2. The van der Waals surface area contributed by atoms with Crippen molar-refractivity contribution in [2.45, 2.75) is 25.7 Å². The summed E-state index contributed by atoms with van der Waals surface area (Å²) in [5, 5.41) is 9.53. The molecule has 1 aromatic carbocycles. The molecule has 9 heteroatoms. The van der Waals surface area contributed by atoms with Gasteiger partial charge in [0.05, 0.1) is 16.9 Å². The molecule has 1 aliphatic rings. The number of aromatic amines is 1. The van der Waals surface area contributed by atoms with Crippen LogP contribution in [0, 0.1) is 12.7 Å². The highest BCUT2D eigenvalue weighted by atomic mass is 32.1. The lowest BCUT2D eigenvalue weighted by molar-refractivity contribution is 0.0716. The Morgan fingerprint density at radius 2 is 2.03 bits per heavy atom. The Morgan fingerprint density at radius 3 is 2.72 bits per heavy atom. The van der Waals surface area contributed by atoms with Crippen LogP contribution in [0.4, 0.5) is 10.1 Å². The fourth-order valence-electron chi connectivity index (χ4n) is 3.46. The van der Waals surface area contributed by atoms with E-state index >= 15 is 0 Å². The lowest BCUT2D eigenvalue weighted by Crippen LogP contribution is -2.37. The van der Waals surface area contributed by atoms with Crippen LogP contribution in [0.3, 0.4) is 0 Å². The number of nitrogens with one attached hydrogen (secondary N) is 2. The van der Waals surface area contributed by atoms with Gasteiger partial charge in [-0.3, -0.25) is 14.7 Å². The van der Waals surface area contributed by atoms with Crippen molar-refractivity contribution >= 4 is 28.8 Å². The molecule has 0 aliphatic carbocycles.